The van der Waals surface area contributed by atoms with Gasteiger partial charge in [-0.15, -0.1) is 11.3 Å². The van der Waals surface area contributed by atoms with Crippen LogP contribution in [0.2, 0.25) is 0 Å². The van der Waals surface area contributed by atoms with E-state index in [1.54, 1.807) is 23.6 Å². The third-order valence-electron chi connectivity index (χ3n) is 4.86. The predicted molar refractivity (Wildman–Crippen MR) is 119 cm³/mol. The monoisotopic (exact) mass is 437 g/mol. The van der Waals surface area contributed by atoms with Crippen LogP contribution in [-0.2, 0) is 17.6 Å². The Labute approximate surface area is 184 Å². The number of aryl methyl sites for hydroxylation is 1. The van der Waals surface area contributed by atoms with Crippen LogP contribution in [0.15, 0.2) is 53.9 Å². The SMILES string of the molecule is CC(CCc1ccccc1)NC(=O)Cc1csc(NC(=O)c2ccc3c(c2)OCO3)n1. The second-order valence-electron chi connectivity index (χ2n) is 7.34. The lowest BCUT2D eigenvalue weighted by Crippen LogP contribution is -2.34. The van der Waals surface area contributed by atoms with Gasteiger partial charge in [0.25, 0.3) is 5.91 Å². The second kappa shape index (κ2) is 9.61. The van der Waals surface area contributed by atoms with Crippen molar-refractivity contribution in [3.05, 3.63) is 70.7 Å². The summed E-state index contributed by atoms with van der Waals surface area (Å²) in [6.07, 6.45) is 1.95. The summed E-state index contributed by atoms with van der Waals surface area (Å²) >= 11 is 1.29. The van der Waals surface area contributed by atoms with E-state index in [9.17, 15) is 9.59 Å². The fourth-order valence-electron chi connectivity index (χ4n) is 3.24. The van der Waals surface area contributed by atoms with Gasteiger partial charge in [-0.25, -0.2) is 4.98 Å². The van der Waals surface area contributed by atoms with Crippen LogP contribution in [0.25, 0.3) is 0 Å². The van der Waals surface area contributed by atoms with E-state index in [4.69, 9.17) is 9.47 Å². The van der Waals surface area contributed by atoms with Crippen LogP contribution >= 0.6 is 11.3 Å². The average molecular weight is 438 g/mol. The molecule has 1 aromatic heterocycles. The highest BCUT2D eigenvalue weighted by molar-refractivity contribution is 7.14. The number of nitrogens with zero attached hydrogens (tertiary/aromatic N) is 1. The minimum atomic E-state index is -0.293. The third kappa shape index (κ3) is 5.61. The van der Waals surface area contributed by atoms with Gasteiger partial charge in [-0.2, -0.15) is 0 Å². The van der Waals surface area contributed by atoms with Gasteiger partial charge in [0.1, 0.15) is 0 Å². The second-order valence-corrected chi connectivity index (χ2v) is 8.19. The fourth-order valence-corrected chi connectivity index (χ4v) is 3.95. The smallest absolute Gasteiger partial charge is 0.257 e. The van der Waals surface area contributed by atoms with Gasteiger partial charge >= 0.3 is 0 Å². The normalized spacial score (nSPS) is 12.9. The fraction of sp³-hybridized carbons (Fsp3) is 0.261. The standard InChI is InChI=1S/C23H23N3O4S/c1-15(7-8-16-5-3-2-4-6-16)24-21(27)12-18-13-31-23(25-18)26-22(28)17-9-10-19-20(11-17)30-14-29-19/h2-6,9-11,13,15H,7-8,12,14H2,1H3,(H,24,27)(H,25,26,28). The minimum absolute atomic E-state index is 0.0662. The van der Waals surface area contributed by atoms with E-state index in [-0.39, 0.29) is 31.1 Å². The van der Waals surface area contributed by atoms with Crippen molar-refractivity contribution in [2.24, 2.45) is 0 Å². The summed E-state index contributed by atoms with van der Waals surface area (Å²) in [6, 6.07) is 15.3. The first kappa shape index (κ1) is 20.9. The summed E-state index contributed by atoms with van der Waals surface area (Å²) in [6.45, 7) is 2.15. The quantitative estimate of drug-likeness (QED) is 0.559. The molecule has 0 saturated carbocycles. The van der Waals surface area contributed by atoms with Crippen molar-refractivity contribution in [2.75, 3.05) is 12.1 Å². The highest BCUT2D eigenvalue weighted by Gasteiger charge is 2.17. The molecule has 4 rings (SSSR count). The molecule has 0 aliphatic carbocycles. The van der Waals surface area contributed by atoms with Crippen LogP contribution in [0, 0.1) is 0 Å². The summed E-state index contributed by atoms with van der Waals surface area (Å²) in [5.41, 5.74) is 2.33. The molecule has 160 valence electrons. The van der Waals surface area contributed by atoms with E-state index in [1.165, 1.54) is 16.9 Å². The third-order valence-corrected chi connectivity index (χ3v) is 5.67. The van der Waals surface area contributed by atoms with E-state index in [2.05, 4.69) is 27.8 Å². The van der Waals surface area contributed by atoms with E-state index >= 15 is 0 Å². The summed E-state index contributed by atoms with van der Waals surface area (Å²) in [7, 11) is 0. The lowest BCUT2D eigenvalue weighted by atomic mass is 10.1. The molecule has 0 spiro atoms. The zero-order valence-electron chi connectivity index (χ0n) is 17.1. The molecule has 2 N–H and O–H groups in total. The number of rotatable bonds is 8. The van der Waals surface area contributed by atoms with Crippen LogP contribution in [0.1, 0.15) is 35.0 Å². The Balaban J connectivity index is 1.25. The van der Waals surface area contributed by atoms with Gasteiger partial charge in [0, 0.05) is 17.0 Å². The number of amides is 2. The van der Waals surface area contributed by atoms with Gasteiger partial charge in [-0.3, -0.25) is 14.9 Å². The summed E-state index contributed by atoms with van der Waals surface area (Å²) in [5, 5.41) is 8.00. The number of fused-ring (bicyclic) bond motifs is 1. The first-order valence-corrected chi connectivity index (χ1v) is 10.9. The molecule has 2 heterocycles. The first-order chi connectivity index (χ1) is 15.1. The molecule has 2 aromatic carbocycles. The number of carbonyl (C=O) groups is 2. The number of nitrogens with one attached hydrogen (secondary N) is 2. The number of benzene rings is 2. The van der Waals surface area contributed by atoms with E-state index in [1.807, 2.05) is 25.1 Å². The molecule has 1 atom stereocenters. The Morgan fingerprint density at radius 3 is 2.77 bits per heavy atom. The Morgan fingerprint density at radius 1 is 1.13 bits per heavy atom. The van der Waals surface area contributed by atoms with Gasteiger partial charge in [0.15, 0.2) is 16.6 Å². The maximum Gasteiger partial charge on any atom is 0.257 e. The summed E-state index contributed by atoms with van der Waals surface area (Å²) in [4.78, 5) is 29.2. The number of thiazole rings is 1. The van der Waals surface area contributed by atoms with Crippen LogP contribution in [-0.4, -0.2) is 29.6 Å². The highest BCUT2D eigenvalue weighted by atomic mass is 32.1. The van der Waals surface area contributed by atoms with E-state index < -0.39 is 0 Å². The van der Waals surface area contributed by atoms with Crippen molar-refractivity contribution < 1.29 is 19.1 Å². The van der Waals surface area contributed by atoms with Crippen molar-refractivity contribution in [1.29, 1.82) is 0 Å². The highest BCUT2D eigenvalue weighted by Crippen LogP contribution is 2.32. The molecule has 2 amide bonds. The molecular formula is C23H23N3O4S. The molecule has 3 aromatic rings. The molecule has 0 bridgehead atoms. The van der Waals surface area contributed by atoms with Crippen molar-refractivity contribution in [3.8, 4) is 11.5 Å². The Morgan fingerprint density at radius 2 is 1.94 bits per heavy atom. The van der Waals surface area contributed by atoms with Crippen molar-refractivity contribution >= 4 is 28.3 Å². The van der Waals surface area contributed by atoms with Gasteiger partial charge in [0.05, 0.1) is 12.1 Å². The molecule has 31 heavy (non-hydrogen) atoms. The molecule has 0 radical (unpaired) electrons. The number of aromatic nitrogens is 1. The first-order valence-electron chi connectivity index (χ1n) is 10.1. The molecule has 7 nitrogen and oxygen atoms in total. The molecule has 0 fully saturated rings. The minimum Gasteiger partial charge on any atom is -0.454 e. The lowest BCUT2D eigenvalue weighted by molar-refractivity contribution is -0.121. The number of ether oxygens (including phenoxy) is 2. The van der Waals surface area contributed by atoms with Crippen LogP contribution < -0.4 is 20.1 Å². The average Bonchev–Trinajstić information content (AvgIpc) is 3.41. The van der Waals surface area contributed by atoms with Crippen LogP contribution in [0.4, 0.5) is 5.13 Å². The van der Waals surface area contributed by atoms with Crippen molar-refractivity contribution in [1.82, 2.24) is 10.3 Å². The maximum atomic E-state index is 12.5. The number of hydrogen-bond donors (Lipinski definition) is 2. The summed E-state index contributed by atoms with van der Waals surface area (Å²) in [5.74, 6) is 0.792. The van der Waals surface area contributed by atoms with E-state index in [0.29, 0.717) is 27.9 Å². The number of carbonyl (C=O) groups excluding carboxylic acids is 2. The summed E-state index contributed by atoms with van der Waals surface area (Å²) < 4.78 is 10.6. The number of hydrogen-bond acceptors (Lipinski definition) is 6. The molecule has 0 saturated heterocycles. The van der Waals surface area contributed by atoms with Gasteiger partial charge < -0.3 is 14.8 Å². The largest absolute Gasteiger partial charge is 0.454 e. The zero-order chi connectivity index (χ0) is 21.6. The van der Waals surface area contributed by atoms with Crippen molar-refractivity contribution in [3.63, 3.8) is 0 Å². The lowest BCUT2D eigenvalue weighted by Gasteiger charge is -2.13. The molecule has 8 heteroatoms. The number of anilines is 1. The van der Waals surface area contributed by atoms with Crippen LogP contribution in [0.3, 0.4) is 0 Å². The molecule has 1 aliphatic heterocycles. The van der Waals surface area contributed by atoms with Crippen LogP contribution in [0.5, 0.6) is 11.5 Å². The van der Waals surface area contributed by atoms with Gasteiger partial charge in [0.2, 0.25) is 12.7 Å². The molecule has 1 unspecified atom stereocenters. The topological polar surface area (TPSA) is 89.6 Å². The van der Waals surface area contributed by atoms with Gasteiger partial charge in [-0.1, -0.05) is 30.3 Å². The Kier molecular flexibility index (Phi) is 6.47. The zero-order valence-corrected chi connectivity index (χ0v) is 17.9. The van der Waals surface area contributed by atoms with E-state index in [0.717, 1.165) is 12.8 Å². The predicted octanol–water partition coefficient (Wildman–Crippen LogP) is 3.80. The molecular weight excluding hydrogens is 414 g/mol. The van der Waals surface area contributed by atoms with Gasteiger partial charge in [-0.05, 0) is 43.5 Å². The molecule has 1 aliphatic rings. The Hall–Kier alpha value is -3.39. The Bertz CT molecular complexity index is 1070. The maximum absolute atomic E-state index is 12.5. The van der Waals surface area contributed by atoms with Crippen molar-refractivity contribution in [2.45, 2.75) is 32.2 Å².